The van der Waals surface area contributed by atoms with Gasteiger partial charge in [0, 0.05) is 47.5 Å². The third-order valence-electron chi connectivity index (χ3n) is 9.12. The van der Waals surface area contributed by atoms with Crippen LogP contribution in [0.4, 0.5) is 33.3 Å². The topological polar surface area (TPSA) is 32.5 Å². The maximum absolute atomic E-state index is 13.9. The second-order valence-electron chi connectivity index (χ2n) is 12.9. The lowest BCUT2D eigenvalue weighted by atomic mass is 9.81. The van der Waals surface area contributed by atoms with E-state index in [-0.39, 0.29) is 17.3 Å². The molecule has 2 aliphatic heterocycles. The first-order chi connectivity index (χ1) is 22.3. The Balaban J connectivity index is 1.23. The van der Waals surface area contributed by atoms with Crippen molar-refractivity contribution in [2.24, 2.45) is 0 Å². The smallest absolute Gasteiger partial charge is 0.311 e. The molecule has 0 aliphatic carbocycles. The summed E-state index contributed by atoms with van der Waals surface area (Å²) in [6.07, 6.45) is 11.7. The highest BCUT2D eigenvalue weighted by atomic mass is 19.2. The van der Waals surface area contributed by atoms with Gasteiger partial charge in [-0.25, -0.2) is 13.2 Å². The number of carbonyl (C=O) groups is 1. The van der Waals surface area contributed by atoms with Crippen molar-refractivity contribution in [3.63, 3.8) is 0 Å². The summed E-state index contributed by atoms with van der Waals surface area (Å²) >= 11 is 0. The van der Waals surface area contributed by atoms with Crippen molar-refractivity contribution in [2.75, 3.05) is 18.5 Å². The van der Waals surface area contributed by atoms with Gasteiger partial charge in [-0.1, -0.05) is 74.9 Å². The molecule has 0 unspecified atom stereocenters. The number of fused-ring (bicyclic) bond motifs is 2. The predicted molar refractivity (Wildman–Crippen MR) is 174 cm³/mol. The molecule has 0 spiro atoms. The number of rotatable bonds is 10. The fourth-order valence-electron chi connectivity index (χ4n) is 6.60. The minimum atomic E-state index is -2.31. The zero-order valence-electron chi connectivity index (χ0n) is 27.1. The second-order valence-corrected chi connectivity index (χ2v) is 12.9. The monoisotopic (exact) mass is 649 g/mol. The zero-order valence-corrected chi connectivity index (χ0v) is 27.1. The number of benzene rings is 3. The van der Waals surface area contributed by atoms with Crippen LogP contribution < -0.4 is 9.64 Å². The van der Waals surface area contributed by atoms with Crippen LogP contribution in [0.3, 0.4) is 0 Å². The van der Waals surface area contributed by atoms with Gasteiger partial charge in [0.25, 0.3) is 0 Å². The molecule has 0 N–H and O–H groups in total. The van der Waals surface area contributed by atoms with Crippen molar-refractivity contribution >= 4 is 23.1 Å². The maximum Gasteiger partial charge on any atom is 0.311 e. The number of hydrogen-bond donors (Lipinski definition) is 0. The van der Waals surface area contributed by atoms with E-state index in [9.17, 15) is 26.7 Å². The van der Waals surface area contributed by atoms with E-state index in [4.69, 9.17) is 0 Å². The highest BCUT2D eigenvalue weighted by Crippen LogP contribution is 2.47. The lowest BCUT2D eigenvalue weighted by Crippen LogP contribution is -2.27. The molecule has 0 saturated carbocycles. The molecule has 9 heteroatoms. The lowest BCUT2D eigenvalue weighted by Gasteiger charge is -2.27. The summed E-state index contributed by atoms with van der Waals surface area (Å²) in [5.41, 5.74) is 6.77. The third kappa shape index (κ3) is 6.27. The van der Waals surface area contributed by atoms with Gasteiger partial charge < -0.3 is 9.64 Å². The number of anilines is 1. The van der Waals surface area contributed by atoms with Gasteiger partial charge in [-0.15, -0.1) is 0 Å². The van der Waals surface area contributed by atoms with Crippen LogP contribution in [0.1, 0.15) is 64.5 Å². The van der Waals surface area contributed by atoms with E-state index in [1.54, 1.807) is 0 Å². The fourth-order valence-corrected chi connectivity index (χ4v) is 6.60. The van der Waals surface area contributed by atoms with Crippen LogP contribution in [-0.2, 0) is 15.6 Å². The van der Waals surface area contributed by atoms with Gasteiger partial charge >= 0.3 is 5.97 Å². The Hall–Kier alpha value is -4.53. The number of esters is 1. The standard InChI is InChI=1S/C38H38F5N2O2/c1-37(2)24-16-11-13-18-26(24)44(5)28(37)20-8-6-9-21-29-38(3,4)25-17-12-14-19-27(25)45(29)23-15-7-10-22-30(46)47-36-34(42)32(40)31(39)33(41)35(36)43/h6,8-9,11-14,16-21H,7,10,15,22-23H2,1-5H3/q+1. The number of para-hydroxylation sites is 2. The van der Waals surface area contributed by atoms with Crippen LogP contribution in [0, 0.1) is 29.1 Å². The Morgan fingerprint density at radius 3 is 2.06 bits per heavy atom. The van der Waals surface area contributed by atoms with Gasteiger partial charge in [0.05, 0.1) is 5.41 Å². The van der Waals surface area contributed by atoms with Crippen LogP contribution in [0.25, 0.3) is 0 Å². The zero-order chi connectivity index (χ0) is 34.1. The van der Waals surface area contributed by atoms with Crippen LogP contribution in [-0.4, -0.2) is 29.8 Å². The molecular weight excluding hydrogens is 611 g/mol. The first kappa shape index (κ1) is 33.8. The highest BCUT2D eigenvalue weighted by molar-refractivity contribution is 6.03. The predicted octanol–water partition coefficient (Wildman–Crippen LogP) is 9.35. The fraction of sp³-hybridized carbons (Fsp3) is 0.316. The van der Waals surface area contributed by atoms with E-state index < -0.39 is 40.8 Å². The summed E-state index contributed by atoms with van der Waals surface area (Å²) < 4.78 is 74.7. The number of allylic oxidation sites excluding steroid dienone is 6. The van der Waals surface area contributed by atoms with Crippen LogP contribution >= 0.6 is 0 Å². The lowest BCUT2D eigenvalue weighted by molar-refractivity contribution is -0.401. The average Bonchev–Trinajstić information content (AvgIpc) is 3.39. The third-order valence-corrected chi connectivity index (χ3v) is 9.12. The summed E-state index contributed by atoms with van der Waals surface area (Å²) in [7, 11) is 2.09. The SMILES string of the molecule is C[N+]1=C(C=CC=CC=C2N(CCCCCC(=O)Oc3c(F)c(F)c(F)c(F)c3F)c3ccccc3C2(C)C)C(C)(C)c2ccccc21. The summed E-state index contributed by atoms with van der Waals surface area (Å²) in [4.78, 5) is 14.4. The van der Waals surface area contributed by atoms with Gasteiger partial charge in [-0.2, -0.15) is 13.4 Å². The van der Waals surface area contributed by atoms with Crippen molar-refractivity contribution in [3.8, 4) is 5.75 Å². The highest BCUT2D eigenvalue weighted by Gasteiger charge is 2.42. The Labute approximate surface area is 272 Å². The molecule has 2 heterocycles. The number of ether oxygens (including phenoxy) is 1. The molecule has 0 saturated heterocycles. The Morgan fingerprint density at radius 2 is 1.38 bits per heavy atom. The van der Waals surface area contributed by atoms with Crippen LogP contribution in [0.15, 0.2) is 84.6 Å². The molecule has 5 rings (SSSR count). The van der Waals surface area contributed by atoms with E-state index in [0.29, 0.717) is 25.8 Å². The second kappa shape index (κ2) is 13.3. The van der Waals surface area contributed by atoms with Crippen molar-refractivity contribution in [3.05, 3.63) is 125 Å². The van der Waals surface area contributed by atoms with Gasteiger partial charge in [0.15, 0.2) is 5.71 Å². The first-order valence-electron chi connectivity index (χ1n) is 15.6. The van der Waals surface area contributed by atoms with E-state index in [1.807, 2.05) is 24.3 Å². The molecule has 0 amide bonds. The van der Waals surface area contributed by atoms with Crippen molar-refractivity contribution in [1.82, 2.24) is 0 Å². The number of carbonyl (C=O) groups excluding carboxylic acids is 1. The molecule has 47 heavy (non-hydrogen) atoms. The average molecular weight is 650 g/mol. The summed E-state index contributed by atoms with van der Waals surface area (Å²) in [5, 5.41) is 0. The molecule has 0 aromatic heterocycles. The minimum absolute atomic E-state index is 0.111. The summed E-state index contributed by atoms with van der Waals surface area (Å²) in [6.45, 7) is 9.47. The Bertz CT molecular complexity index is 1810. The Morgan fingerprint density at radius 1 is 0.766 bits per heavy atom. The van der Waals surface area contributed by atoms with Crippen molar-refractivity contribution in [1.29, 1.82) is 0 Å². The molecule has 0 radical (unpaired) electrons. The quantitative estimate of drug-likeness (QED) is 0.0321. The van der Waals surface area contributed by atoms with E-state index in [2.05, 4.69) is 104 Å². The molecule has 4 nitrogen and oxygen atoms in total. The molecule has 0 fully saturated rings. The molecule has 246 valence electrons. The largest absolute Gasteiger partial charge is 0.420 e. The van der Waals surface area contributed by atoms with Crippen molar-refractivity contribution < 1.29 is 36.1 Å². The van der Waals surface area contributed by atoms with E-state index >= 15 is 0 Å². The number of hydrogen-bond acceptors (Lipinski definition) is 3. The molecule has 2 aliphatic rings. The Kier molecular flexibility index (Phi) is 9.57. The van der Waals surface area contributed by atoms with Crippen molar-refractivity contribution in [2.45, 2.75) is 64.2 Å². The number of unbranched alkanes of at least 4 members (excludes halogenated alkanes) is 2. The van der Waals surface area contributed by atoms with Gasteiger partial charge in [0.2, 0.25) is 40.5 Å². The van der Waals surface area contributed by atoms with Crippen LogP contribution in [0.2, 0.25) is 0 Å². The van der Waals surface area contributed by atoms with E-state index in [0.717, 1.165) is 11.4 Å². The summed E-state index contributed by atoms with van der Waals surface area (Å²) in [5.74, 6) is -13.6. The molecule has 3 aromatic carbocycles. The molecular formula is C38H38F5N2O2+. The molecule has 3 aromatic rings. The van der Waals surface area contributed by atoms with Crippen LogP contribution in [0.5, 0.6) is 5.75 Å². The molecule has 0 bridgehead atoms. The van der Waals surface area contributed by atoms with E-state index in [1.165, 1.54) is 22.5 Å². The summed E-state index contributed by atoms with van der Waals surface area (Å²) in [6, 6.07) is 16.6. The maximum atomic E-state index is 13.9. The minimum Gasteiger partial charge on any atom is -0.420 e. The molecule has 0 atom stereocenters. The number of nitrogens with zero attached hydrogens (tertiary/aromatic N) is 2. The van der Waals surface area contributed by atoms with Gasteiger partial charge in [0.1, 0.15) is 7.05 Å². The first-order valence-corrected chi connectivity index (χ1v) is 15.6. The normalized spacial score (nSPS) is 17.3. The van der Waals surface area contributed by atoms with Gasteiger partial charge in [-0.3, -0.25) is 4.79 Å². The number of halogens is 5. The van der Waals surface area contributed by atoms with Gasteiger partial charge in [-0.05, 0) is 44.4 Å².